The molecule has 4 aromatic rings. The molecule has 0 aliphatic rings. The predicted molar refractivity (Wildman–Crippen MR) is 153 cm³/mol. The smallest absolute Gasteiger partial charge is 0.330 e. The summed E-state index contributed by atoms with van der Waals surface area (Å²) in [7, 11) is 1.45. The van der Waals surface area contributed by atoms with Crippen LogP contribution in [-0.4, -0.2) is 29.9 Å². The van der Waals surface area contributed by atoms with Crippen molar-refractivity contribution in [2.45, 2.75) is 18.8 Å². The number of nitrogens with two attached hydrogens (primary N) is 1. The van der Waals surface area contributed by atoms with Crippen molar-refractivity contribution in [1.82, 2.24) is 0 Å². The summed E-state index contributed by atoms with van der Waals surface area (Å²) in [6, 6.07) is 28.9. The Balaban J connectivity index is 1.64. The van der Waals surface area contributed by atoms with Crippen LogP contribution in [0.5, 0.6) is 5.75 Å². The number of methoxy groups -OCH3 is 1. The number of carbonyl (C=O) groups is 2. The van der Waals surface area contributed by atoms with Gasteiger partial charge in [0.2, 0.25) is 0 Å². The quantitative estimate of drug-likeness (QED) is 0.124. The molecule has 9 nitrogen and oxygen atoms in total. The van der Waals surface area contributed by atoms with Crippen LogP contribution in [0, 0.1) is 5.41 Å². The van der Waals surface area contributed by atoms with Gasteiger partial charge < -0.3 is 30.9 Å². The highest BCUT2D eigenvalue weighted by Crippen LogP contribution is 2.32. The van der Waals surface area contributed by atoms with E-state index in [9.17, 15) is 14.7 Å². The van der Waals surface area contributed by atoms with E-state index in [-0.39, 0.29) is 12.4 Å². The number of benzene rings is 4. The molecule has 40 heavy (non-hydrogen) atoms. The van der Waals surface area contributed by atoms with Gasteiger partial charge in [0.1, 0.15) is 18.2 Å². The summed E-state index contributed by atoms with van der Waals surface area (Å²) in [5.74, 6) is -1.27. The third-order valence-corrected chi connectivity index (χ3v) is 6.16. The Morgan fingerprint density at radius 3 is 2.15 bits per heavy atom. The van der Waals surface area contributed by atoms with Gasteiger partial charge in [0.25, 0.3) is 5.91 Å². The van der Waals surface area contributed by atoms with E-state index < -0.39 is 24.0 Å². The standard InChI is InChI=1S/C31H30N4O5/c1-39-28(21-10-6-3-7-11-21)30(36)35-25-18-23(14-17-26(25)40-19-20-8-4-2-5-9-20)27(31(37)38)34-24-15-12-22(13-16-24)29(32)33/h2-18,27-28,34H,19H2,1H3,(H3,32,33)(H,35,36)(H,37,38). The molecule has 0 heterocycles. The third kappa shape index (κ3) is 7.03. The average Bonchev–Trinajstić information content (AvgIpc) is 2.97. The van der Waals surface area contributed by atoms with E-state index in [0.717, 1.165) is 5.56 Å². The van der Waals surface area contributed by atoms with Crippen LogP contribution < -0.4 is 21.1 Å². The van der Waals surface area contributed by atoms with Crippen molar-refractivity contribution in [3.05, 3.63) is 125 Å². The summed E-state index contributed by atoms with van der Waals surface area (Å²) in [5, 5.41) is 23.4. The summed E-state index contributed by atoms with van der Waals surface area (Å²) in [6.07, 6.45) is -0.889. The number of anilines is 2. The van der Waals surface area contributed by atoms with Crippen LogP contribution in [0.4, 0.5) is 11.4 Å². The summed E-state index contributed by atoms with van der Waals surface area (Å²) in [5.41, 5.74) is 8.86. The molecule has 0 aliphatic carbocycles. The van der Waals surface area contributed by atoms with Crippen molar-refractivity contribution >= 4 is 29.1 Å². The lowest BCUT2D eigenvalue weighted by atomic mass is 10.0. The van der Waals surface area contributed by atoms with Crippen molar-refractivity contribution in [3.63, 3.8) is 0 Å². The molecule has 6 N–H and O–H groups in total. The first-order chi connectivity index (χ1) is 19.4. The molecule has 0 fully saturated rings. The van der Waals surface area contributed by atoms with Crippen LogP contribution in [0.15, 0.2) is 103 Å². The number of rotatable bonds is 12. The maximum Gasteiger partial charge on any atom is 0.330 e. The van der Waals surface area contributed by atoms with Gasteiger partial charge in [-0.1, -0.05) is 66.7 Å². The molecule has 0 saturated carbocycles. The SMILES string of the molecule is COC(C(=O)Nc1cc(C(Nc2ccc(C(=N)N)cc2)C(=O)O)ccc1OCc1ccccc1)c1ccccc1. The van der Waals surface area contributed by atoms with E-state index in [4.69, 9.17) is 20.6 Å². The first-order valence-electron chi connectivity index (χ1n) is 12.5. The number of hydrogen-bond donors (Lipinski definition) is 5. The number of nitrogens with one attached hydrogen (secondary N) is 3. The van der Waals surface area contributed by atoms with Gasteiger partial charge in [-0.15, -0.1) is 0 Å². The Labute approximate surface area is 232 Å². The molecule has 0 spiro atoms. The van der Waals surface area contributed by atoms with Crippen molar-refractivity contribution in [3.8, 4) is 5.75 Å². The second-order valence-corrected chi connectivity index (χ2v) is 8.95. The van der Waals surface area contributed by atoms with E-state index in [0.29, 0.717) is 33.8 Å². The topological polar surface area (TPSA) is 147 Å². The van der Waals surface area contributed by atoms with Crippen molar-refractivity contribution < 1.29 is 24.2 Å². The number of carboxylic acids is 1. The lowest BCUT2D eigenvalue weighted by Crippen LogP contribution is -2.24. The Kier molecular flexibility index (Phi) is 9.11. The van der Waals surface area contributed by atoms with Crippen LogP contribution in [0.25, 0.3) is 0 Å². The maximum atomic E-state index is 13.3. The van der Waals surface area contributed by atoms with Crippen LogP contribution in [0.2, 0.25) is 0 Å². The molecule has 4 rings (SSSR count). The zero-order valence-corrected chi connectivity index (χ0v) is 21.8. The molecule has 0 aromatic heterocycles. The highest BCUT2D eigenvalue weighted by atomic mass is 16.5. The summed E-state index contributed by atoms with van der Waals surface area (Å²) >= 11 is 0. The Morgan fingerprint density at radius 2 is 1.55 bits per heavy atom. The first-order valence-corrected chi connectivity index (χ1v) is 12.5. The number of amidine groups is 1. The highest BCUT2D eigenvalue weighted by Gasteiger charge is 2.25. The van der Waals surface area contributed by atoms with E-state index in [1.807, 2.05) is 48.5 Å². The zero-order valence-electron chi connectivity index (χ0n) is 21.8. The number of carboxylic acid groups (broad SMARTS) is 1. The third-order valence-electron chi connectivity index (χ3n) is 6.16. The molecule has 0 saturated heterocycles. The van der Waals surface area contributed by atoms with E-state index in [1.54, 1.807) is 54.6 Å². The molecular weight excluding hydrogens is 508 g/mol. The minimum Gasteiger partial charge on any atom is -0.487 e. The molecule has 204 valence electrons. The van der Waals surface area contributed by atoms with Gasteiger partial charge in [0, 0.05) is 18.4 Å². The minimum absolute atomic E-state index is 0.0855. The monoisotopic (exact) mass is 538 g/mol. The molecule has 1 amide bonds. The van der Waals surface area contributed by atoms with Crippen molar-refractivity contribution in [2.75, 3.05) is 17.7 Å². The molecule has 4 aromatic carbocycles. The van der Waals surface area contributed by atoms with Crippen LogP contribution in [0.3, 0.4) is 0 Å². The summed E-state index contributed by atoms with van der Waals surface area (Å²) in [4.78, 5) is 25.6. The second kappa shape index (κ2) is 13.1. The number of amides is 1. The highest BCUT2D eigenvalue weighted by molar-refractivity contribution is 5.97. The number of ether oxygens (including phenoxy) is 2. The molecule has 0 radical (unpaired) electrons. The molecule has 9 heteroatoms. The average molecular weight is 539 g/mol. The fourth-order valence-corrected chi connectivity index (χ4v) is 4.11. The van der Waals surface area contributed by atoms with E-state index >= 15 is 0 Å². The van der Waals surface area contributed by atoms with E-state index in [1.165, 1.54) is 7.11 Å². The number of nitrogen functional groups attached to an aromatic ring is 1. The Bertz CT molecular complexity index is 1460. The van der Waals surface area contributed by atoms with Crippen molar-refractivity contribution in [1.29, 1.82) is 5.41 Å². The minimum atomic E-state index is -1.14. The molecule has 0 bridgehead atoms. The fourth-order valence-electron chi connectivity index (χ4n) is 4.11. The number of hydrogen-bond acceptors (Lipinski definition) is 6. The number of aliphatic carboxylic acids is 1. The van der Waals surface area contributed by atoms with Gasteiger partial charge in [0.15, 0.2) is 12.1 Å². The predicted octanol–water partition coefficient (Wildman–Crippen LogP) is 5.11. The lowest BCUT2D eigenvalue weighted by Gasteiger charge is -2.21. The molecule has 2 atom stereocenters. The van der Waals surface area contributed by atoms with Gasteiger partial charge >= 0.3 is 5.97 Å². The van der Waals surface area contributed by atoms with Crippen molar-refractivity contribution in [2.24, 2.45) is 5.73 Å². The van der Waals surface area contributed by atoms with E-state index in [2.05, 4.69) is 10.6 Å². The maximum absolute atomic E-state index is 13.3. The number of carbonyl (C=O) groups excluding carboxylic acids is 1. The van der Waals surface area contributed by atoms with Gasteiger partial charge in [0.05, 0.1) is 5.69 Å². The Morgan fingerprint density at radius 1 is 0.900 bits per heavy atom. The largest absolute Gasteiger partial charge is 0.487 e. The zero-order chi connectivity index (χ0) is 28.5. The summed E-state index contributed by atoms with van der Waals surface area (Å²) < 4.78 is 11.5. The van der Waals surface area contributed by atoms with Crippen LogP contribution in [-0.2, 0) is 20.9 Å². The first kappa shape index (κ1) is 27.9. The van der Waals surface area contributed by atoms with Crippen LogP contribution in [0.1, 0.15) is 34.4 Å². The second-order valence-electron chi connectivity index (χ2n) is 8.95. The van der Waals surface area contributed by atoms with Gasteiger partial charge in [-0.05, 0) is 53.1 Å². The Hall–Kier alpha value is -5.15. The van der Waals surface area contributed by atoms with Gasteiger partial charge in [-0.25, -0.2) is 4.79 Å². The molecule has 2 unspecified atom stereocenters. The summed E-state index contributed by atoms with van der Waals surface area (Å²) in [6.45, 7) is 0.249. The lowest BCUT2D eigenvalue weighted by molar-refractivity contribution is -0.138. The molecule has 0 aliphatic heterocycles. The normalized spacial score (nSPS) is 12.1. The van der Waals surface area contributed by atoms with Gasteiger partial charge in [-0.3, -0.25) is 10.2 Å². The van der Waals surface area contributed by atoms with Crippen LogP contribution >= 0.6 is 0 Å². The van der Waals surface area contributed by atoms with Gasteiger partial charge in [-0.2, -0.15) is 0 Å². The fraction of sp³-hybridized carbons (Fsp3) is 0.129. The molecular formula is C31H30N4O5.